The molecule has 0 aromatic carbocycles. The summed E-state index contributed by atoms with van der Waals surface area (Å²) in [7, 11) is 1.84. The SMILES string of the molecule is Cn1cc(C=O)c(CN2CCC2)n1. The molecule has 0 saturated carbocycles. The first-order valence-electron chi connectivity index (χ1n) is 4.49. The van der Waals surface area contributed by atoms with Gasteiger partial charge in [0.2, 0.25) is 0 Å². The van der Waals surface area contributed by atoms with E-state index in [1.54, 1.807) is 10.9 Å². The Kier molecular flexibility index (Phi) is 2.14. The quantitative estimate of drug-likeness (QED) is 0.632. The van der Waals surface area contributed by atoms with Crippen LogP contribution in [0.15, 0.2) is 6.20 Å². The number of likely N-dealkylation sites (tertiary alicyclic amines) is 1. The molecule has 0 bridgehead atoms. The summed E-state index contributed by atoms with van der Waals surface area (Å²) in [6.45, 7) is 3.08. The fourth-order valence-electron chi connectivity index (χ4n) is 1.53. The van der Waals surface area contributed by atoms with E-state index in [1.807, 2.05) is 7.05 Å². The van der Waals surface area contributed by atoms with Gasteiger partial charge >= 0.3 is 0 Å². The minimum absolute atomic E-state index is 0.717. The molecule has 2 rings (SSSR count). The van der Waals surface area contributed by atoms with Gasteiger partial charge in [0.15, 0.2) is 6.29 Å². The van der Waals surface area contributed by atoms with Gasteiger partial charge in [0.05, 0.1) is 11.3 Å². The Hall–Kier alpha value is -1.16. The molecule has 0 spiro atoms. The Bertz CT molecular complexity index is 315. The normalized spacial score (nSPS) is 17.0. The highest BCUT2D eigenvalue weighted by atomic mass is 16.1. The summed E-state index contributed by atoms with van der Waals surface area (Å²) in [4.78, 5) is 12.9. The summed E-state index contributed by atoms with van der Waals surface area (Å²) in [6, 6.07) is 0. The van der Waals surface area contributed by atoms with Gasteiger partial charge in [-0.05, 0) is 19.5 Å². The Labute approximate surface area is 77.1 Å². The lowest BCUT2D eigenvalue weighted by molar-refractivity contribution is 0.111. The van der Waals surface area contributed by atoms with E-state index in [0.717, 1.165) is 37.2 Å². The molecule has 0 aliphatic carbocycles. The number of aryl methyl sites for hydroxylation is 1. The van der Waals surface area contributed by atoms with Crippen LogP contribution in [0.1, 0.15) is 22.5 Å². The Balaban J connectivity index is 2.12. The van der Waals surface area contributed by atoms with Gasteiger partial charge in [0, 0.05) is 19.8 Å². The summed E-state index contributed by atoms with van der Waals surface area (Å²) in [6.07, 6.45) is 3.91. The zero-order valence-electron chi connectivity index (χ0n) is 7.73. The van der Waals surface area contributed by atoms with Crippen molar-refractivity contribution in [2.24, 2.45) is 7.05 Å². The van der Waals surface area contributed by atoms with Gasteiger partial charge in [-0.1, -0.05) is 0 Å². The van der Waals surface area contributed by atoms with Gasteiger partial charge in [0.1, 0.15) is 0 Å². The van der Waals surface area contributed by atoms with Crippen molar-refractivity contribution in [3.63, 3.8) is 0 Å². The predicted octanol–water partition coefficient (Wildman–Crippen LogP) is 0.438. The summed E-state index contributed by atoms with van der Waals surface area (Å²) in [5, 5.41) is 4.25. The number of rotatable bonds is 3. The minimum atomic E-state index is 0.717. The molecule has 4 heteroatoms. The molecule has 1 aliphatic rings. The largest absolute Gasteiger partial charge is 0.298 e. The third kappa shape index (κ3) is 1.62. The lowest BCUT2D eigenvalue weighted by Gasteiger charge is -2.29. The molecule has 1 saturated heterocycles. The number of aromatic nitrogens is 2. The average molecular weight is 179 g/mol. The first-order valence-corrected chi connectivity index (χ1v) is 4.49. The van der Waals surface area contributed by atoms with E-state index in [9.17, 15) is 4.79 Å². The molecule has 0 N–H and O–H groups in total. The van der Waals surface area contributed by atoms with Crippen molar-refractivity contribution in [3.05, 3.63) is 17.5 Å². The second-order valence-electron chi connectivity index (χ2n) is 3.45. The molecule has 0 atom stereocenters. The molecule has 0 radical (unpaired) electrons. The number of hydrogen-bond donors (Lipinski definition) is 0. The number of nitrogens with zero attached hydrogens (tertiary/aromatic N) is 3. The van der Waals surface area contributed by atoms with Gasteiger partial charge in [0.25, 0.3) is 0 Å². The second kappa shape index (κ2) is 3.30. The lowest BCUT2D eigenvalue weighted by Crippen LogP contribution is -2.36. The maximum absolute atomic E-state index is 10.7. The van der Waals surface area contributed by atoms with E-state index in [1.165, 1.54) is 6.42 Å². The molecule has 0 amide bonds. The van der Waals surface area contributed by atoms with E-state index in [-0.39, 0.29) is 0 Å². The van der Waals surface area contributed by atoms with Crippen molar-refractivity contribution in [3.8, 4) is 0 Å². The van der Waals surface area contributed by atoms with Crippen LogP contribution in [-0.4, -0.2) is 34.1 Å². The Morgan fingerprint density at radius 2 is 2.38 bits per heavy atom. The molecule has 70 valence electrons. The predicted molar refractivity (Wildman–Crippen MR) is 48.5 cm³/mol. The molecular weight excluding hydrogens is 166 g/mol. The van der Waals surface area contributed by atoms with Gasteiger partial charge in [-0.2, -0.15) is 5.10 Å². The van der Waals surface area contributed by atoms with E-state index >= 15 is 0 Å². The van der Waals surface area contributed by atoms with E-state index in [4.69, 9.17) is 0 Å². The standard InChI is InChI=1S/C9H13N3O/c1-11-5-8(7-13)9(10-11)6-12-3-2-4-12/h5,7H,2-4,6H2,1H3. The monoisotopic (exact) mass is 179 g/mol. The van der Waals surface area contributed by atoms with E-state index in [2.05, 4.69) is 10.00 Å². The zero-order chi connectivity index (χ0) is 9.26. The molecule has 0 unspecified atom stereocenters. The van der Waals surface area contributed by atoms with E-state index in [0.29, 0.717) is 0 Å². The van der Waals surface area contributed by atoms with Crippen LogP contribution in [0.2, 0.25) is 0 Å². The van der Waals surface area contributed by atoms with Crippen LogP contribution in [0.5, 0.6) is 0 Å². The van der Waals surface area contributed by atoms with Gasteiger partial charge in [-0.25, -0.2) is 0 Å². The molecule has 2 heterocycles. The summed E-state index contributed by atoms with van der Waals surface area (Å²) in [5.74, 6) is 0. The molecule has 1 fully saturated rings. The van der Waals surface area contributed by atoms with Gasteiger partial charge < -0.3 is 0 Å². The van der Waals surface area contributed by atoms with Crippen LogP contribution in [0.4, 0.5) is 0 Å². The maximum Gasteiger partial charge on any atom is 0.153 e. The highest BCUT2D eigenvalue weighted by Crippen LogP contribution is 2.12. The van der Waals surface area contributed by atoms with Crippen LogP contribution in [0.3, 0.4) is 0 Å². The smallest absolute Gasteiger partial charge is 0.153 e. The molecule has 1 aliphatic heterocycles. The van der Waals surface area contributed by atoms with Gasteiger partial charge in [-0.15, -0.1) is 0 Å². The second-order valence-corrected chi connectivity index (χ2v) is 3.45. The zero-order valence-corrected chi connectivity index (χ0v) is 7.73. The molecule has 1 aromatic heterocycles. The van der Waals surface area contributed by atoms with Crippen LogP contribution >= 0.6 is 0 Å². The Morgan fingerprint density at radius 3 is 2.92 bits per heavy atom. The number of carbonyl (C=O) groups excluding carboxylic acids is 1. The number of carbonyl (C=O) groups is 1. The molecule has 1 aromatic rings. The van der Waals surface area contributed by atoms with Gasteiger partial charge in [-0.3, -0.25) is 14.4 Å². The summed E-state index contributed by atoms with van der Waals surface area (Å²) < 4.78 is 1.69. The average Bonchev–Trinajstić information content (AvgIpc) is 2.38. The van der Waals surface area contributed by atoms with Crippen molar-refractivity contribution in [1.82, 2.24) is 14.7 Å². The topological polar surface area (TPSA) is 38.1 Å². The van der Waals surface area contributed by atoms with Crippen LogP contribution in [0, 0.1) is 0 Å². The molecular formula is C9H13N3O. The first kappa shape index (κ1) is 8.44. The van der Waals surface area contributed by atoms with Crippen molar-refractivity contribution >= 4 is 6.29 Å². The minimum Gasteiger partial charge on any atom is -0.298 e. The fourth-order valence-corrected chi connectivity index (χ4v) is 1.53. The maximum atomic E-state index is 10.7. The lowest BCUT2D eigenvalue weighted by atomic mass is 10.2. The summed E-state index contributed by atoms with van der Waals surface area (Å²) in [5.41, 5.74) is 1.62. The van der Waals surface area contributed by atoms with E-state index < -0.39 is 0 Å². The van der Waals surface area contributed by atoms with Crippen LogP contribution < -0.4 is 0 Å². The van der Waals surface area contributed by atoms with Crippen LogP contribution in [0.25, 0.3) is 0 Å². The van der Waals surface area contributed by atoms with Crippen LogP contribution in [-0.2, 0) is 13.6 Å². The molecule has 13 heavy (non-hydrogen) atoms. The highest BCUT2D eigenvalue weighted by Gasteiger charge is 2.17. The van der Waals surface area contributed by atoms with Crippen molar-refractivity contribution in [2.75, 3.05) is 13.1 Å². The fraction of sp³-hybridized carbons (Fsp3) is 0.556. The first-order chi connectivity index (χ1) is 6.29. The Morgan fingerprint density at radius 1 is 1.62 bits per heavy atom. The highest BCUT2D eigenvalue weighted by molar-refractivity contribution is 5.75. The number of hydrogen-bond acceptors (Lipinski definition) is 3. The van der Waals surface area contributed by atoms with Crippen molar-refractivity contribution in [2.45, 2.75) is 13.0 Å². The third-order valence-corrected chi connectivity index (χ3v) is 2.39. The van der Waals surface area contributed by atoms with Crippen molar-refractivity contribution < 1.29 is 4.79 Å². The van der Waals surface area contributed by atoms with Crippen molar-refractivity contribution in [1.29, 1.82) is 0 Å². The summed E-state index contributed by atoms with van der Waals surface area (Å²) >= 11 is 0. The molecule has 4 nitrogen and oxygen atoms in total. The number of aldehydes is 1. The third-order valence-electron chi connectivity index (χ3n) is 2.39.